The highest BCUT2D eigenvalue weighted by atomic mass is 15.1. The largest absolute Gasteiger partial charge is 0.307 e. The first kappa shape index (κ1) is 16.7. The molecular formula is C21H28N4. The van der Waals surface area contributed by atoms with Crippen LogP contribution in [0.2, 0.25) is 0 Å². The number of fused-ring (bicyclic) bond motifs is 1. The minimum Gasteiger partial charge on any atom is -0.307 e. The third-order valence-electron chi connectivity index (χ3n) is 5.55. The van der Waals surface area contributed by atoms with Crippen LogP contribution in [0.15, 0.2) is 36.5 Å². The normalized spacial score (nSPS) is 22.4. The highest BCUT2D eigenvalue weighted by Crippen LogP contribution is 2.24. The lowest BCUT2D eigenvalue weighted by atomic mass is 9.98. The van der Waals surface area contributed by atoms with Crippen molar-refractivity contribution in [3.05, 3.63) is 59.2 Å². The predicted octanol–water partition coefficient (Wildman–Crippen LogP) is 3.45. The maximum atomic E-state index is 4.91. The van der Waals surface area contributed by atoms with E-state index in [0.29, 0.717) is 12.0 Å². The van der Waals surface area contributed by atoms with Crippen molar-refractivity contribution in [1.29, 1.82) is 0 Å². The van der Waals surface area contributed by atoms with Crippen molar-refractivity contribution in [2.45, 2.75) is 51.1 Å². The van der Waals surface area contributed by atoms with E-state index in [1.807, 2.05) is 0 Å². The number of piperidine rings is 1. The molecule has 0 unspecified atom stereocenters. The summed E-state index contributed by atoms with van der Waals surface area (Å²) in [4.78, 5) is 12.1. The molecule has 4 heteroatoms. The molecule has 4 nitrogen and oxygen atoms in total. The highest BCUT2D eigenvalue weighted by Gasteiger charge is 2.23. The zero-order chi connectivity index (χ0) is 17.1. The summed E-state index contributed by atoms with van der Waals surface area (Å²) < 4.78 is 0. The van der Waals surface area contributed by atoms with Gasteiger partial charge in [0.05, 0.1) is 6.04 Å². The van der Waals surface area contributed by atoms with Crippen molar-refractivity contribution in [2.24, 2.45) is 0 Å². The Balaban J connectivity index is 1.41. The SMILES string of the molecule is C[C@H](CN1CCc2nc([C@@H]3CCCCN3)ncc2C1)c1ccccc1. The molecule has 1 N–H and O–H groups in total. The summed E-state index contributed by atoms with van der Waals surface area (Å²) in [6.07, 6.45) is 6.84. The Morgan fingerprint density at radius 1 is 1.24 bits per heavy atom. The molecule has 2 aromatic rings. The number of nitrogens with zero attached hydrogens (tertiary/aromatic N) is 3. The van der Waals surface area contributed by atoms with Crippen molar-refractivity contribution in [3.8, 4) is 0 Å². The summed E-state index contributed by atoms with van der Waals surface area (Å²) in [6, 6.07) is 11.2. The molecule has 1 aromatic heterocycles. The van der Waals surface area contributed by atoms with E-state index in [4.69, 9.17) is 4.98 Å². The van der Waals surface area contributed by atoms with Gasteiger partial charge in [-0.1, -0.05) is 43.7 Å². The third kappa shape index (κ3) is 3.91. The molecule has 0 saturated carbocycles. The van der Waals surface area contributed by atoms with E-state index in [9.17, 15) is 0 Å². The number of hydrogen-bond acceptors (Lipinski definition) is 4. The lowest BCUT2D eigenvalue weighted by Crippen LogP contribution is -2.35. The molecule has 132 valence electrons. The van der Waals surface area contributed by atoms with Crippen LogP contribution in [0.5, 0.6) is 0 Å². The van der Waals surface area contributed by atoms with Crippen molar-refractivity contribution in [3.63, 3.8) is 0 Å². The highest BCUT2D eigenvalue weighted by molar-refractivity contribution is 5.23. The van der Waals surface area contributed by atoms with Crippen molar-refractivity contribution < 1.29 is 0 Å². The molecule has 0 radical (unpaired) electrons. The van der Waals surface area contributed by atoms with E-state index < -0.39 is 0 Å². The van der Waals surface area contributed by atoms with Gasteiger partial charge in [-0.05, 0) is 30.9 Å². The fourth-order valence-corrected chi connectivity index (χ4v) is 4.06. The van der Waals surface area contributed by atoms with Crippen LogP contribution < -0.4 is 5.32 Å². The summed E-state index contributed by atoms with van der Waals surface area (Å²) in [5, 5.41) is 3.56. The number of hydrogen-bond donors (Lipinski definition) is 1. The summed E-state index contributed by atoms with van der Waals surface area (Å²) in [7, 11) is 0. The maximum absolute atomic E-state index is 4.91. The van der Waals surface area contributed by atoms with E-state index in [1.165, 1.54) is 36.1 Å². The van der Waals surface area contributed by atoms with Gasteiger partial charge in [0.15, 0.2) is 0 Å². The van der Waals surface area contributed by atoms with Crippen molar-refractivity contribution >= 4 is 0 Å². The van der Waals surface area contributed by atoms with Gasteiger partial charge in [0.25, 0.3) is 0 Å². The molecule has 2 aliphatic heterocycles. The zero-order valence-electron chi connectivity index (χ0n) is 15.1. The fraction of sp³-hybridized carbons (Fsp3) is 0.524. The molecule has 2 aliphatic rings. The van der Waals surface area contributed by atoms with Crippen LogP contribution in [-0.4, -0.2) is 34.5 Å². The van der Waals surface area contributed by atoms with Gasteiger partial charge < -0.3 is 5.32 Å². The summed E-state index contributed by atoms with van der Waals surface area (Å²) >= 11 is 0. The van der Waals surface area contributed by atoms with Crippen molar-refractivity contribution in [1.82, 2.24) is 20.2 Å². The monoisotopic (exact) mass is 336 g/mol. The average molecular weight is 336 g/mol. The van der Waals surface area contributed by atoms with Crippen LogP contribution in [0.25, 0.3) is 0 Å². The molecule has 0 spiro atoms. The molecule has 0 aliphatic carbocycles. The Morgan fingerprint density at radius 3 is 2.92 bits per heavy atom. The molecule has 0 amide bonds. The van der Waals surface area contributed by atoms with Crippen LogP contribution in [0.3, 0.4) is 0 Å². The Labute approximate surface area is 150 Å². The van der Waals surface area contributed by atoms with E-state index in [2.05, 4.69) is 58.7 Å². The Morgan fingerprint density at radius 2 is 2.12 bits per heavy atom. The topological polar surface area (TPSA) is 41.1 Å². The van der Waals surface area contributed by atoms with E-state index >= 15 is 0 Å². The predicted molar refractivity (Wildman–Crippen MR) is 100 cm³/mol. The average Bonchev–Trinajstić information content (AvgIpc) is 2.69. The molecule has 1 saturated heterocycles. The van der Waals surface area contributed by atoms with Crippen LogP contribution in [-0.2, 0) is 13.0 Å². The summed E-state index contributed by atoms with van der Waals surface area (Å²) in [5.41, 5.74) is 4.00. The van der Waals surface area contributed by atoms with Gasteiger partial charge >= 0.3 is 0 Å². The molecule has 2 atom stereocenters. The van der Waals surface area contributed by atoms with Gasteiger partial charge in [0.1, 0.15) is 5.82 Å². The van der Waals surface area contributed by atoms with Crippen LogP contribution in [0.1, 0.15) is 60.8 Å². The van der Waals surface area contributed by atoms with E-state index in [1.54, 1.807) is 0 Å². The quantitative estimate of drug-likeness (QED) is 0.928. The first-order chi connectivity index (χ1) is 12.3. The fourth-order valence-electron chi connectivity index (χ4n) is 4.06. The summed E-state index contributed by atoms with van der Waals surface area (Å²) in [6.45, 7) is 6.58. The van der Waals surface area contributed by atoms with E-state index in [0.717, 1.165) is 38.4 Å². The molecular weight excluding hydrogens is 308 g/mol. The van der Waals surface area contributed by atoms with E-state index in [-0.39, 0.29) is 0 Å². The number of nitrogens with one attached hydrogen (secondary N) is 1. The first-order valence-corrected chi connectivity index (χ1v) is 9.65. The van der Waals surface area contributed by atoms with Crippen molar-refractivity contribution in [2.75, 3.05) is 19.6 Å². The zero-order valence-corrected chi connectivity index (χ0v) is 15.1. The second-order valence-corrected chi connectivity index (χ2v) is 7.50. The lowest BCUT2D eigenvalue weighted by molar-refractivity contribution is 0.238. The van der Waals surface area contributed by atoms with Crippen LogP contribution >= 0.6 is 0 Å². The Bertz CT molecular complexity index is 694. The summed E-state index contributed by atoms with van der Waals surface area (Å²) in [5.74, 6) is 1.55. The standard InChI is InChI=1S/C21H28N4/c1-16(17-7-3-2-4-8-17)14-25-12-10-19-18(15-25)13-23-21(24-19)20-9-5-6-11-22-20/h2-4,7-8,13,16,20,22H,5-6,9-12,14-15H2,1H3/t16-,20+/m1/s1. The molecule has 1 aromatic carbocycles. The van der Waals surface area contributed by atoms with Gasteiger partial charge in [0.2, 0.25) is 0 Å². The molecule has 3 heterocycles. The first-order valence-electron chi connectivity index (χ1n) is 9.65. The van der Waals surface area contributed by atoms with Gasteiger partial charge in [-0.3, -0.25) is 4.90 Å². The van der Waals surface area contributed by atoms with Gasteiger partial charge in [-0.15, -0.1) is 0 Å². The number of rotatable bonds is 4. The molecule has 25 heavy (non-hydrogen) atoms. The smallest absolute Gasteiger partial charge is 0.145 e. The van der Waals surface area contributed by atoms with Gasteiger partial charge in [-0.2, -0.15) is 0 Å². The Kier molecular flexibility index (Phi) is 5.09. The maximum Gasteiger partial charge on any atom is 0.145 e. The number of benzene rings is 1. The minimum absolute atomic E-state index is 0.357. The number of aromatic nitrogens is 2. The third-order valence-corrected chi connectivity index (χ3v) is 5.55. The van der Waals surface area contributed by atoms with Gasteiger partial charge in [-0.25, -0.2) is 9.97 Å². The second-order valence-electron chi connectivity index (χ2n) is 7.50. The van der Waals surface area contributed by atoms with Gasteiger partial charge in [0, 0.05) is 43.5 Å². The second kappa shape index (κ2) is 7.63. The molecule has 0 bridgehead atoms. The molecule has 4 rings (SSSR count). The Hall–Kier alpha value is -1.78. The van der Waals surface area contributed by atoms with Crippen LogP contribution in [0.4, 0.5) is 0 Å². The minimum atomic E-state index is 0.357. The lowest BCUT2D eigenvalue weighted by Gasteiger charge is -2.31. The van der Waals surface area contributed by atoms with Crippen LogP contribution in [0, 0.1) is 0 Å². The molecule has 1 fully saturated rings.